The SMILES string of the molecule is N#CC(C#N)=C(C#N)Nc1cc(-n2cnnn2)ccc1C(=O)O. The van der Waals surface area contributed by atoms with E-state index in [9.17, 15) is 9.90 Å². The molecule has 0 radical (unpaired) electrons. The predicted octanol–water partition coefficient (Wildman–Crippen LogP) is 0.597. The normalized spacial score (nSPS) is 9.09. The lowest BCUT2D eigenvalue weighted by atomic mass is 10.1. The summed E-state index contributed by atoms with van der Waals surface area (Å²) in [4.78, 5) is 11.3. The molecule has 0 fully saturated rings. The summed E-state index contributed by atoms with van der Waals surface area (Å²) in [6.07, 6.45) is 1.30. The van der Waals surface area contributed by atoms with Crippen molar-refractivity contribution in [1.29, 1.82) is 15.8 Å². The van der Waals surface area contributed by atoms with Crippen LogP contribution in [0.15, 0.2) is 35.8 Å². The Kier molecular flexibility index (Phi) is 4.27. The molecule has 0 aliphatic carbocycles. The standard InChI is InChI=1S/C13H6N8O2/c14-4-8(5-15)12(6-16)18-11-3-9(21-7-17-19-20-21)1-2-10(11)13(22)23/h1-3,7,18H,(H,22,23). The minimum atomic E-state index is -1.25. The lowest BCUT2D eigenvalue weighted by Gasteiger charge is -2.10. The predicted molar refractivity (Wildman–Crippen MR) is 73.6 cm³/mol. The molecule has 2 N–H and O–H groups in total. The summed E-state index contributed by atoms with van der Waals surface area (Å²) in [5.74, 6) is -1.25. The van der Waals surface area contributed by atoms with E-state index in [-0.39, 0.29) is 16.9 Å². The summed E-state index contributed by atoms with van der Waals surface area (Å²) in [5, 5.41) is 49.0. The van der Waals surface area contributed by atoms with Gasteiger partial charge in [-0.1, -0.05) is 0 Å². The Morgan fingerprint density at radius 2 is 1.96 bits per heavy atom. The zero-order chi connectivity index (χ0) is 16.8. The van der Waals surface area contributed by atoms with Gasteiger partial charge in [0.1, 0.15) is 30.2 Å². The van der Waals surface area contributed by atoms with Gasteiger partial charge in [0.25, 0.3) is 0 Å². The van der Waals surface area contributed by atoms with Crippen molar-refractivity contribution in [3.63, 3.8) is 0 Å². The van der Waals surface area contributed by atoms with E-state index >= 15 is 0 Å². The third kappa shape index (κ3) is 3.10. The second-order valence-corrected chi connectivity index (χ2v) is 4.00. The topological polar surface area (TPSA) is 164 Å². The smallest absolute Gasteiger partial charge is 0.337 e. The first kappa shape index (κ1) is 15.2. The Labute approximate surface area is 129 Å². The first-order valence-electron chi connectivity index (χ1n) is 5.93. The number of carboxylic acid groups (broad SMARTS) is 1. The molecule has 0 atom stereocenters. The average molecular weight is 306 g/mol. The molecule has 0 bridgehead atoms. The van der Waals surface area contributed by atoms with Gasteiger partial charge in [-0.3, -0.25) is 0 Å². The number of nitrogens with zero attached hydrogens (tertiary/aromatic N) is 7. The summed E-state index contributed by atoms with van der Waals surface area (Å²) in [6.45, 7) is 0. The molecule has 0 amide bonds. The van der Waals surface area contributed by atoms with E-state index in [1.165, 1.54) is 29.2 Å². The molecule has 0 aliphatic rings. The summed E-state index contributed by atoms with van der Waals surface area (Å²) < 4.78 is 1.28. The number of tetrazole rings is 1. The molecule has 0 saturated heterocycles. The Balaban J connectivity index is 2.56. The fourth-order valence-corrected chi connectivity index (χ4v) is 1.66. The van der Waals surface area contributed by atoms with Crippen molar-refractivity contribution in [3.8, 4) is 23.9 Å². The molecule has 2 rings (SSSR count). The molecular formula is C13H6N8O2. The number of hydrogen-bond acceptors (Lipinski definition) is 8. The number of carbonyl (C=O) groups is 1. The van der Waals surface area contributed by atoms with Gasteiger partial charge in [-0.15, -0.1) is 5.10 Å². The molecule has 0 saturated carbocycles. The van der Waals surface area contributed by atoms with Crippen LogP contribution in [0.2, 0.25) is 0 Å². The average Bonchev–Trinajstić information content (AvgIpc) is 3.09. The molecule has 1 heterocycles. The van der Waals surface area contributed by atoms with Gasteiger partial charge >= 0.3 is 5.97 Å². The number of anilines is 1. The van der Waals surface area contributed by atoms with Crippen LogP contribution in [0.1, 0.15) is 10.4 Å². The number of aromatic carboxylic acids is 1. The van der Waals surface area contributed by atoms with Gasteiger partial charge in [-0.05, 0) is 28.6 Å². The third-order valence-corrected chi connectivity index (χ3v) is 2.69. The van der Waals surface area contributed by atoms with Crippen molar-refractivity contribution in [2.45, 2.75) is 0 Å². The van der Waals surface area contributed by atoms with E-state index in [4.69, 9.17) is 15.8 Å². The maximum atomic E-state index is 11.3. The zero-order valence-corrected chi connectivity index (χ0v) is 11.3. The maximum absolute atomic E-state index is 11.3. The summed E-state index contributed by atoms with van der Waals surface area (Å²) in [5.41, 5.74) is -0.520. The van der Waals surface area contributed by atoms with Crippen molar-refractivity contribution in [3.05, 3.63) is 41.4 Å². The van der Waals surface area contributed by atoms with E-state index in [0.29, 0.717) is 5.69 Å². The lowest BCUT2D eigenvalue weighted by Crippen LogP contribution is -2.08. The summed E-state index contributed by atoms with van der Waals surface area (Å²) in [7, 11) is 0. The highest BCUT2D eigenvalue weighted by Gasteiger charge is 2.15. The molecule has 1 aromatic heterocycles. The van der Waals surface area contributed by atoms with Crippen LogP contribution < -0.4 is 5.32 Å². The van der Waals surface area contributed by atoms with Crippen LogP contribution in [0.25, 0.3) is 5.69 Å². The van der Waals surface area contributed by atoms with Crippen LogP contribution >= 0.6 is 0 Å². The quantitative estimate of drug-likeness (QED) is 0.769. The minimum Gasteiger partial charge on any atom is -0.478 e. The van der Waals surface area contributed by atoms with Gasteiger partial charge in [0.2, 0.25) is 0 Å². The van der Waals surface area contributed by atoms with E-state index in [1.54, 1.807) is 18.2 Å². The molecule has 10 heteroatoms. The Morgan fingerprint density at radius 1 is 1.22 bits per heavy atom. The van der Waals surface area contributed by atoms with Crippen LogP contribution in [0, 0.1) is 34.0 Å². The van der Waals surface area contributed by atoms with E-state index in [2.05, 4.69) is 20.8 Å². The van der Waals surface area contributed by atoms with Gasteiger partial charge in [0, 0.05) is 0 Å². The van der Waals surface area contributed by atoms with Crippen LogP contribution in [-0.4, -0.2) is 31.3 Å². The monoisotopic (exact) mass is 306 g/mol. The number of benzene rings is 1. The molecule has 110 valence electrons. The van der Waals surface area contributed by atoms with E-state index in [0.717, 1.165) is 0 Å². The fourth-order valence-electron chi connectivity index (χ4n) is 1.66. The lowest BCUT2D eigenvalue weighted by molar-refractivity contribution is 0.0698. The highest BCUT2D eigenvalue weighted by atomic mass is 16.4. The van der Waals surface area contributed by atoms with Gasteiger partial charge in [-0.25, -0.2) is 9.48 Å². The summed E-state index contributed by atoms with van der Waals surface area (Å²) in [6, 6.07) is 8.91. The van der Waals surface area contributed by atoms with Crippen molar-refractivity contribution in [2.24, 2.45) is 0 Å². The molecule has 10 nitrogen and oxygen atoms in total. The molecule has 0 spiro atoms. The Morgan fingerprint density at radius 3 is 2.48 bits per heavy atom. The first-order chi connectivity index (χ1) is 11.1. The number of aromatic nitrogens is 4. The van der Waals surface area contributed by atoms with Gasteiger partial charge in [0.05, 0.1) is 16.9 Å². The molecule has 2 aromatic rings. The van der Waals surface area contributed by atoms with E-state index in [1.807, 2.05) is 0 Å². The third-order valence-electron chi connectivity index (χ3n) is 2.69. The van der Waals surface area contributed by atoms with Gasteiger partial charge < -0.3 is 10.4 Å². The number of allylic oxidation sites excluding steroid dienone is 2. The van der Waals surface area contributed by atoms with E-state index < -0.39 is 11.5 Å². The minimum absolute atomic E-state index is 0.0186. The number of hydrogen-bond donors (Lipinski definition) is 2. The van der Waals surface area contributed by atoms with Gasteiger partial charge in [-0.2, -0.15) is 15.8 Å². The number of rotatable bonds is 4. The molecule has 23 heavy (non-hydrogen) atoms. The van der Waals surface area contributed by atoms with Crippen molar-refractivity contribution in [2.75, 3.05) is 5.32 Å². The van der Waals surface area contributed by atoms with Crippen molar-refractivity contribution < 1.29 is 9.90 Å². The highest BCUT2D eigenvalue weighted by molar-refractivity contribution is 5.95. The van der Waals surface area contributed by atoms with Crippen LogP contribution in [0.3, 0.4) is 0 Å². The highest BCUT2D eigenvalue weighted by Crippen LogP contribution is 2.22. The second-order valence-electron chi connectivity index (χ2n) is 4.00. The first-order valence-corrected chi connectivity index (χ1v) is 5.93. The maximum Gasteiger partial charge on any atom is 0.337 e. The summed E-state index contributed by atoms with van der Waals surface area (Å²) >= 11 is 0. The molecule has 0 aliphatic heterocycles. The second kappa shape index (κ2) is 6.48. The van der Waals surface area contributed by atoms with Crippen molar-refractivity contribution in [1.82, 2.24) is 20.2 Å². The zero-order valence-electron chi connectivity index (χ0n) is 11.3. The number of nitriles is 3. The number of nitrogens with one attached hydrogen (secondary N) is 1. The molecule has 1 aromatic carbocycles. The largest absolute Gasteiger partial charge is 0.478 e. The van der Waals surface area contributed by atoms with Crippen LogP contribution in [-0.2, 0) is 0 Å². The van der Waals surface area contributed by atoms with Crippen molar-refractivity contribution >= 4 is 11.7 Å². The van der Waals surface area contributed by atoms with Gasteiger partial charge in [0.15, 0.2) is 5.57 Å². The fraction of sp³-hybridized carbons (Fsp3) is 0. The molecular weight excluding hydrogens is 300 g/mol. The Hall–Kier alpha value is -4.23. The molecule has 0 unspecified atom stereocenters. The Bertz CT molecular complexity index is 893. The number of carboxylic acids is 1. The van der Waals surface area contributed by atoms with Crippen LogP contribution in [0.5, 0.6) is 0 Å². The van der Waals surface area contributed by atoms with Crippen LogP contribution in [0.4, 0.5) is 5.69 Å².